The molecule has 0 spiro atoms. The Kier molecular flexibility index (Phi) is 5.22. The molecule has 1 fully saturated rings. The van der Waals surface area contributed by atoms with E-state index in [1.54, 1.807) is 6.07 Å². The lowest BCUT2D eigenvalue weighted by Gasteiger charge is -2.32. The van der Waals surface area contributed by atoms with E-state index in [9.17, 15) is 0 Å². The van der Waals surface area contributed by atoms with Gasteiger partial charge in [-0.3, -0.25) is 0 Å². The third kappa shape index (κ3) is 3.90. The highest BCUT2D eigenvalue weighted by molar-refractivity contribution is 9.10. The van der Waals surface area contributed by atoms with Crippen LogP contribution in [0.2, 0.25) is 5.02 Å². The molecule has 1 heterocycles. The van der Waals surface area contributed by atoms with E-state index in [0.29, 0.717) is 17.4 Å². The average molecular weight is 424 g/mol. The molecule has 0 unspecified atom stereocenters. The summed E-state index contributed by atoms with van der Waals surface area (Å²) in [6.07, 6.45) is 0. The fourth-order valence-electron chi connectivity index (χ4n) is 2.61. The van der Waals surface area contributed by atoms with E-state index in [2.05, 4.69) is 43.6 Å². The SMILES string of the molecule is CC1(C)OB(c2ccccc2COc2cc(Cl)ccc2Br)OC1(C)C. The molecule has 3 nitrogen and oxygen atoms in total. The summed E-state index contributed by atoms with van der Waals surface area (Å²) in [5, 5.41) is 0.637. The first kappa shape index (κ1) is 18.8. The van der Waals surface area contributed by atoms with Crippen LogP contribution >= 0.6 is 27.5 Å². The first-order valence-electron chi connectivity index (χ1n) is 8.21. The molecule has 6 heteroatoms. The van der Waals surface area contributed by atoms with Crippen LogP contribution in [0, 0.1) is 0 Å². The van der Waals surface area contributed by atoms with E-state index in [1.165, 1.54) is 0 Å². The van der Waals surface area contributed by atoms with E-state index >= 15 is 0 Å². The Balaban J connectivity index is 1.82. The largest absolute Gasteiger partial charge is 0.495 e. The van der Waals surface area contributed by atoms with Crippen molar-refractivity contribution in [2.75, 3.05) is 0 Å². The van der Waals surface area contributed by atoms with Crippen molar-refractivity contribution in [2.24, 2.45) is 0 Å². The third-order valence-corrected chi connectivity index (χ3v) is 5.73. The van der Waals surface area contributed by atoms with Crippen LogP contribution in [-0.4, -0.2) is 18.3 Å². The summed E-state index contributed by atoms with van der Waals surface area (Å²) in [4.78, 5) is 0. The van der Waals surface area contributed by atoms with Gasteiger partial charge in [-0.25, -0.2) is 0 Å². The number of hydrogen-bond acceptors (Lipinski definition) is 3. The highest BCUT2D eigenvalue weighted by Crippen LogP contribution is 2.36. The van der Waals surface area contributed by atoms with Gasteiger partial charge in [-0.1, -0.05) is 35.9 Å². The van der Waals surface area contributed by atoms with Gasteiger partial charge in [0, 0.05) is 5.02 Å². The molecule has 1 aliphatic heterocycles. The molecule has 25 heavy (non-hydrogen) atoms. The highest BCUT2D eigenvalue weighted by atomic mass is 79.9. The fraction of sp³-hybridized carbons (Fsp3) is 0.368. The van der Waals surface area contributed by atoms with Crippen LogP contribution in [0.25, 0.3) is 0 Å². The van der Waals surface area contributed by atoms with Gasteiger partial charge in [0.2, 0.25) is 0 Å². The molecule has 0 amide bonds. The molecule has 0 aliphatic carbocycles. The molecule has 1 saturated heterocycles. The van der Waals surface area contributed by atoms with Crippen LogP contribution in [0.3, 0.4) is 0 Å². The van der Waals surface area contributed by atoms with Gasteiger partial charge < -0.3 is 14.0 Å². The maximum Gasteiger partial charge on any atom is 0.495 e. The minimum absolute atomic E-state index is 0.373. The Hall–Kier alpha value is -1.01. The number of hydrogen-bond donors (Lipinski definition) is 0. The smallest absolute Gasteiger partial charge is 0.488 e. The maximum absolute atomic E-state index is 6.18. The lowest BCUT2D eigenvalue weighted by Crippen LogP contribution is -2.41. The number of benzene rings is 2. The first-order chi connectivity index (χ1) is 11.7. The van der Waals surface area contributed by atoms with Gasteiger partial charge >= 0.3 is 7.12 Å². The summed E-state index contributed by atoms with van der Waals surface area (Å²) < 4.78 is 19.2. The van der Waals surface area contributed by atoms with Gasteiger partial charge in [-0.05, 0) is 72.9 Å². The first-order valence-corrected chi connectivity index (χ1v) is 9.38. The van der Waals surface area contributed by atoms with Gasteiger partial charge in [-0.15, -0.1) is 0 Å². The second-order valence-electron chi connectivity index (χ2n) is 7.15. The van der Waals surface area contributed by atoms with E-state index in [-0.39, 0.29) is 11.2 Å². The summed E-state index contributed by atoms with van der Waals surface area (Å²) in [6, 6.07) is 13.5. The number of rotatable bonds is 4. The van der Waals surface area contributed by atoms with E-state index in [1.807, 2.05) is 36.4 Å². The van der Waals surface area contributed by atoms with E-state index in [4.69, 9.17) is 25.6 Å². The molecule has 0 atom stereocenters. The molecule has 0 N–H and O–H groups in total. The molecule has 2 aromatic rings. The minimum atomic E-state index is -0.410. The zero-order valence-electron chi connectivity index (χ0n) is 14.8. The quantitative estimate of drug-likeness (QED) is 0.649. The fourth-order valence-corrected chi connectivity index (χ4v) is 3.13. The van der Waals surface area contributed by atoms with Gasteiger partial charge in [-0.2, -0.15) is 0 Å². The van der Waals surface area contributed by atoms with Crippen LogP contribution in [-0.2, 0) is 15.9 Å². The monoisotopic (exact) mass is 422 g/mol. The standard InChI is InChI=1S/C19H21BBrClO3/c1-18(2)19(3,4)25-20(24-18)15-8-6-5-7-13(15)12-23-17-11-14(22)9-10-16(17)21/h5-11H,12H2,1-4H3. The van der Waals surface area contributed by atoms with Crippen molar-refractivity contribution in [3.63, 3.8) is 0 Å². The predicted molar refractivity (Wildman–Crippen MR) is 106 cm³/mol. The molecular formula is C19H21BBrClO3. The summed E-state index contributed by atoms with van der Waals surface area (Å²) in [7, 11) is -0.410. The zero-order chi connectivity index (χ0) is 18.2. The predicted octanol–water partition coefficient (Wildman–Crippen LogP) is 4.98. The lowest BCUT2D eigenvalue weighted by atomic mass is 9.76. The second-order valence-corrected chi connectivity index (χ2v) is 8.44. The Morgan fingerprint density at radius 2 is 1.68 bits per heavy atom. The summed E-state index contributed by atoms with van der Waals surface area (Å²) in [5.74, 6) is 0.705. The summed E-state index contributed by atoms with van der Waals surface area (Å²) in [5.41, 5.74) is 1.26. The summed E-state index contributed by atoms with van der Waals surface area (Å²) in [6.45, 7) is 8.61. The van der Waals surface area contributed by atoms with Gasteiger partial charge in [0.15, 0.2) is 0 Å². The van der Waals surface area contributed by atoms with Crippen molar-refractivity contribution in [1.29, 1.82) is 0 Å². The molecule has 0 bridgehead atoms. The van der Waals surface area contributed by atoms with Gasteiger partial charge in [0.1, 0.15) is 12.4 Å². The molecule has 132 valence electrons. The van der Waals surface area contributed by atoms with E-state index in [0.717, 1.165) is 15.5 Å². The van der Waals surface area contributed by atoms with Gasteiger partial charge in [0.25, 0.3) is 0 Å². The molecular weight excluding hydrogens is 402 g/mol. The third-order valence-electron chi connectivity index (χ3n) is 4.84. The van der Waals surface area contributed by atoms with Crippen molar-refractivity contribution in [3.05, 3.63) is 57.5 Å². The van der Waals surface area contributed by atoms with Crippen molar-refractivity contribution in [2.45, 2.75) is 45.5 Å². The van der Waals surface area contributed by atoms with Crippen molar-refractivity contribution in [3.8, 4) is 5.75 Å². The Morgan fingerprint density at radius 1 is 1.04 bits per heavy atom. The average Bonchev–Trinajstić information content (AvgIpc) is 2.76. The molecule has 2 aromatic carbocycles. The van der Waals surface area contributed by atoms with Gasteiger partial charge in [0.05, 0.1) is 15.7 Å². The number of ether oxygens (including phenoxy) is 1. The maximum atomic E-state index is 6.18. The van der Waals surface area contributed by atoms with Crippen molar-refractivity contribution < 1.29 is 14.0 Å². The van der Waals surface area contributed by atoms with Crippen LogP contribution in [0.4, 0.5) is 0 Å². The molecule has 1 aliphatic rings. The van der Waals surface area contributed by atoms with Crippen LogP contribution in [0.5, 0.6) is 5.75 Å². The summed E-state index contributed by atoms with van der Waals surface area (Å²) >= 11 is 9.54. The number of halogens is 2. The molecule has 3 rings (SSSR count). The topological polar surface area (TPSA) is 27.7 Å². The highest BCUT2D eigenvalue weighted by Gasteiger charge is 2.52. The van der Waals surface area contributed by atoms with Crippen molar-refractivity contribution in [1.82, 2.24) is 0 Å². The van der Waals surface area contributed by atoms with E-state index < -0.39 is 7.12 Å². The van der Waals surface area contributed by atoms with Crippen molar-refractivity contribution >= 4 is 40.1 Å². The van der Waals surface area contributed by atoms with Crippen LogP contribution in [0.1, 0.15) is 33.3 Å². The van der Waals surface area contributed by atoms with Crippen LogP contribution < -0.4 is 10.2 Å². The minimum Gasteiger partial charge on any atom is -0.488 e. The Labute approximate surface area is 162 Å². The lowest BCUT2D eigenvalue weighted by molar-refractivity contribution is 0.00578. The zero-order valence-corrected chi connectivity index (χ0v) is 17.1. The molecule has 0 radical (unpaired) electrons. The van der Waals surface area contributed by atoms with Crippen LogP contribution in [0.15, 0.2) is 46.9 Å². The second kappa shape index (κ2) is 6.95. The Morgan fingerprint density at radius 3 is 2.36 bits per heavy atom. The molecule has 0 aromatic heterocycles. The molecule has 0 saturated carbocycles. The Bertz CT molecular complexity index is 763. The normalized spacial score (nSPS) is 18.4.